The van der Waals surface area contributed by atoms with Crippen LogP contribution in [-0.2, 0) is 11.3 Å². The Labute approximate surface area is 190 Å². The average molecular weight is 523 g/mol. The number of guanidine groups is 1. The Morgan fingerprint density at radius 2 is 2.00 bits per heavy atom. The number of benzene rings is 1. The third-order valence-corrected chi connectivity index (χ3v) is 4.56. The SMILES string of the molecule is CCNC(=NCc1ccc(N(C)C)c(F)c1)NCC(C)(O)CN1CCOCC1.I. The van der Waals surface area contributed by atoms with Gasteiger partial charge in [0, 0.05) is 46.8 Å². The first kappa shape index (κ1) is 25.9. The third kappa shape index (κ3) is 9.02. The number of hydrogen-bond acceptors (Lipinski definition) is 5. The van der Waals surface area contributed by atoms with Gasteiger partial charge in [0.25, 0.3) is 0 Å². The molecule has 0 amide bonds. The third-order valence-electron chi connectivity index (χ3n) is 4.56. The number of β-amino-alcohol motifs (C(OH)–C–C–N with tert-alkyl or cyclic N) is 1. The van der Waals surface area contributed by atoms with Crippen molar-refractivity contribution in [2.24, 2.45) is 4.99 Å². The maximum Gasteiger partial charge on any atom is 0.191 e. The summed E-state index contributed by atoms with van der Waals surface area (Å²) in [6.45, 7) is 8.86. The standard InChI is InChI=1S/C20H34FN5O2.HI/c1-5-22-19(23-13-16-6-7-18(25(3)4)17(21)12-16)24-14-20(2,27)15-26-8-10-28-11-9-26;/h6-7,12,27H,5,8-11,13-15H2,1-4H3,(H2,22,23,24);1H. The summed E-state index contributed by atoms with van der Waals surface area (Å²) < 4.78 is 19.5. The highest BCUT2D eigenvalue weighted by atomic mass is 127. The number of nitrogens with one attached hydrogen (secondary N) is 2. The lowest BCUT2D eigenvalue weighted by molar-refractivity contribution is -0.0201. The molecule has 0 radical (unpaired) electrons. The monoisotopic (exact) mass is 523 g/mol. The molecule has 0 aromatic heterocycles. The first-order valence-corrected chi connectivity index (χ1v) is 9.81. The number of rotatable bonds is 8. The van der Waals surface area contributed by atoms with Gasteiger partial charge >= 0.3 is 0 Å². The fourth-order valence-electron chi connectivity index (χ4n) is 3.09. The minimum absolute atomic E-state index is 0. The lowest BCUT2D eigenvalue weighted by Crippen LogP contribution is -2.52. The van der Waals surface area contributed by atoms with Crippen LogP contribution < -0.4 is 15.5 Å². The average Bonchev–Trinajstić information content (AvgIpc) is 2.64. The van der Waals surface area contributed by atoms with Crippen LogP contribution in [0.1, 0.15) is 19.4 Å². The van der Waals surface area contributed by atoms with E-state index >= 15 is 0 Å². The van der Waals surface area contributed by atoms with Crippen molar-refractivity contribution >= 4 is 35.6 Å². The van der Waals surface area contributed by atoms with E-state index in [1.165, 1.54) is 6.07 Å². The predicted octanol–water partition coefficient (Wildman–Crippen LogP) is 1.65. The fraction of sp³-hybridized carbons (Fsp3) is 0.650. The van der Waals surface area contributed by atoms with Crippen LogP contribution in [0.2, 0.25) is 0 Å². The van der Waals surface area contributed by atoms with Gasteiger partial charge in [-0.05, 0) is 31.5 Å². The van der Waals surface area contributed by atoms with E-state index in [1.807, 2.05) is 34.0 Å². The van der Waals surface area contributed by atoms with Crippen LogP contribution in [0, 0.1) is 5.82 Å². The summed E-state index contributed by atoms with van der Waals surface area (Å²) in [5, 5.41) is 17.1. The molecular weight excluding hydrogens is 488 g/mol. The summed E-state index contributed by atoms with van der Waals surface area (Å²) in [7, 11) is 3.62. The molecule has 2 rings (SSSR count). The van der Waals surface area contributed by atoms with E-state index in [0.29, 0.717) is 51.0 Å². The van der Waals surface area contributed by atoms with Gasteiger partial charge in [-0.25, -0.2) is 9.38 Å². The van der Waals surface area contributed by atoms with Crippen molar-refractivity contribution in [2.45, 2.75) is 26.0 Å². The number of hydrogen-bond donors (Lipinski definition) is 3. The molecule has 1 aliphatic rings. The molecule has 29 heavy (non-hydrogen) atoms. The highest BCUT2D eigenvalue weighted by Crippen LogP contribution is 2.18. The van der Waals surface area contributed by atoms with Gasteiger partial charge in [-0.3, -0.25) is 4.90 Å². The second-order valence-corrected chi connectivity index (χ2v) is 7.61. The summed E-state index contributed by atoms with van der Waals surface area (Å²) in [5.41, 5.74) is 0.449. The topological polar surface area (TPSA) is 72.4 Å². The number of anilines is 1. The van der Waals surface area contributed by atoms with Crippen molar-refractivity contribution in [1.29, 1.82) is 0 Å². The van der Waals surface area contributed by atoms with Gasteiger partial charge in [-0.1, -0.05) is 6.07 Å². The van der Waals surface area contributed by atoms with Crippen LogP contribution >= 0.6 is 24.0 Å². The molecule has 166 valence electrons. The molecule has 1 heterocycles. The minimum atomic E-state index is -0.896. The first-order valence-electron chi connectivity index (χ1n) is 9.81. The predicted molar refractivity (Wildman–Crippen MR) is 127 cm³/mol. The van der Waals surface area contributed by atoms with Crippen molar-refractivity contribution in [3.63, 3.8) is 0 Å². The lowest BCUT2D eigenvalue weighted by Gasteiger charge is -2.34. The lowest BCUT2D eigenvalue weighted by atomic mass is 10.1. The number of morpholine rings is 1. The highest BCUT2D eigenvalue weighted by Gasteiger charge is 2.25. The molecule has 1 saturated heterocycles. The molecule has 1 aliphatic heterocycles. The maximum absolute atomic E-state index is 14.1. The summed E-state index contributed by atoms with van der Waals surface area (Å²) in [5.74, 6) is 0.339. The van der Waals surface area contributed by atoms with Gasteiger partial charge in [-0.2, -0.15) is 0 Å². The molecule has 1 fully saturated rings. The molecule has 9 heteroatoms. The van der Waals surface area contributed by atoms with Crippen LogP contribution in [0.3, 0.4) is 0 Å². The first-order chi connectivity index (χ1) is 13.3. The van der Waals surface area contributed by atoms with Crippen LogP contribution in [0.25, 0.3) is 0 Å². The van der Waals surface area contributed by atoms with E-state index in [-0.39, 0.29) is 29.8 Å². The van der Waals surface area contributed by atoms with Crippen molar-refractivity contribution in [3.8, 4) is 0 Å². The van der Waals surface area contributed by atoms with Gasteiger partial charge in [0.15, 0.2) is 5.96 Å². The summed E-state index contributed by atoms with van der Waals surface area (Å²) in [6.07, 6.45) is 0. The van der Waals surface area contributed by atoms with Gasteiger partial charge in [0.1, 0.15) is 5.82 Å². The normalized spacial score (nSPS) is 17.2. The molecular formula is C20H35FIN5O2. The molecule has 1 aromatic rings. The molecule has 1 unspecified atom stereocenters. The number of ether oxygens (including phenoxy) is 1. The van der Waals surface area contributed by atoms with E-state index in [0.717, 1.165) is 18.7 Å². The fourth-order valence-corrected chi connectivity index (χ4v) is 3.09. The number of halogens is 2. The Hall–Kier alpha value is -1.17. The van der Waals surface area contributed by atoms with Gasteiger partial charge in [0.2, 0.25) is 0 Å². The Morgan fingerprint density at radius 1 is 1.31 bits per heavy atom. The quantitative estimate of drug-likeness (QED) is 0.274. The Kier molecular flexibility index (Phi) is 11.2. The Morgan fingerprint density at radius 3 is 2.59 bits per heavy atom. The van der Waals surface area contributed by atoms with Crippen molar-refractivity contribution in [1.82, 2.24) is 15.5 Å². The zero-order valence-electron chi connectivity index (χ0n) is 17.9. The van der Waals surface area contributed by atoms with Crippen molar-refractivity contribution in [3.05, 3.63) is 29.6 Å². The summed E-state index contributed by atoms with van der Waals surface area (Å²) >= 11 is 0. The smallest absolute Gasteiger partial charge is 0.191 e. The molecule has 0 saturated carbocycles. The zero-order chi connectivity index (χ0) is 20.6. The number of nitrogens with zero attached hydrogens (tertiary/aromatic N) is 3. The van der Waals surface area contributed by atoms with Gasteiger partial charge < -0.3 is 25.4 Å². The molecule has 3 N–H and O–H groups in total. The number of aliphatic imine (C=N–C) groups is 1. The van der Waals surface area contributed by atoms with E-state index < -0.39 is 5.60 Å². The molecule has 0 aliphatic carbocycles. The second kappa shape index (κ2) is 12.5. The molecule has 1 aromatic carbocycles. The minimum Gasteiger partial charge on any atom is -0.387 e. The van der Waals surface area contributed by atoms with Gasteiger partial charge in [-0.15, -0.1) is 24.0 Å². The van der Waals surface area contributed by atoms with Crippen molar-refractivity contribution < 1.29 is 14.2 Å². The molecule has 1 atom stereocenters. The Bertz CT molecular complexity index is 652. The summed E-state index contributed by atoms with van der Waals surface area (Å²) in [4.78, 5) is 8.46. The second-order valence-electron chi connectivity index (χ2n) is 7.61. The number of aliphatic hydroxyl groups is 1. The Balaban J connectivity index is 0.00000420. The van der Waals surface area contributed by atoms with E-state index in [2.05, 4.69) is 20.5 Å². The summed E-state index contributed by atoms with van der Waals surface area (Å²) in [6, 6.07) is 5.14. The van der Waals surface area contributed by atoms with Crippen LogP contribution in [0.5, 0.6) is 0 Å². The van der Waals surface area contributed by atoms with Gasteiger partial charge in [0.05, 0.1) is 31.0 Å². The van der Waals surface area contributed by atoms with Crippen LogP contribution in [0.15, 0.2) is 23.2 Å². The molecule has 7 nitrogen and oxygen atoms in total. The molecule has 0 bridgehead atoms. The van der Waals surface area contributed by atoms with Crippen molar-refractivity contribution in [2.75, 3.05) is 64.9 Å². The van der Waals surface area contributed by atoms with E-state index in [9.17, 15) is 9.50 Å². The molecule has 0 spiro atoms. The zero-order valence-corrected chi connectivity index (χ0v) is 20.2. The van der Waals surface area contributed by atoms with Crippen LogP contribution in [-0.4, -0.2) is 81.6 Å². The van der Waals surface area contributed by atoms with E-state index in [1.54, 1.807) is 11.0 Å². The maximum atomic E-state index is 14.1. The van der Waals surface area contributed by atoms with E-state index in [4.69, 9.17) is 4.74 Å². The largest absolute Gasteiger partial charge is 0.387 e. The highest BCUT2D eigenvalue weighted by molar-refractivity contribution is 14.0. The van der Waals surface area contributed by atoms with Crippen LogP contribution in [0.4, 0.5) is 10.1 Å².